The van der Waals surface area contributed by atoms with Crippen LogP contribution in [0.5, 0.6) is 0 Å². The van der Waals surface area contributed by atoms with Gasteiger partial charge in [-0.25, -0.2) is 0 Å². The lowest BCUT2D eigenvalue weighted by Gasteiger charge is -2.33. The molecule has 3 nitrogen and oxygen atoms in total. The molecule has 0 amide bonds. The Hall–Kier alpha value is -0.120. The van der Waals surface area contributed by atoms with Crippen LogP contribution in [-0.4, -0.2) is 31.7 Å². The molecular formula is C11H26NO2+. The summed E-state index contributed by atoms with van der Waals surface area (Å²) in [6, 6.07) is 0. The lowest BCUT2D eigenvalue weighted by Crippen LogP contribution is -3.11. The van der Waals surface area contributed by atoms with Crippen LogP contribution in [-0.2, 0) is 9.47 Å². The highest BCUT2D eigenvalue weighted by molar-refractivity contribution is 4.61. The van der Waals surface area contributed by atoms with Crippen LogP contribution in [0.2, 0.25) is 0 Å². The van der Waals surface area contributed by atoms with Crippen molar-refractivity contribution in [2.24, 2.45) is 0 Å². The average molecular weight is 204 g/mol. The van der Waals surface area contributed by atoms with Gasteiger partial charge in [0.05, 0.1) is 25.3 Å². The molecule has 0 rings (SSSR count). The van der Waals surface area contributed by atoms with Crippen LogP contribution >= 0.6 is 0 Å². The normalized spacial score (nSPS) is 14.1. The minimum atomic E-state index is -0.213. The van der Waals surface area contributed by atoms with Gasteiger partial charge >= 0.3 is 6.41 Å². The van der Waals surface area contributed by atoms with Crippen molar-refractivity contribution in [3.8, 4) is 0 Å². The van der Waals surface area contributed by atoms with Gasteiger partial charge in [-0.05, 0) is 41.5 Å². The van der Waals surface area contributed by atoms with Crippen LogP contribution in [0.3, 0.4) is 0 Å². The summed E-state index contributed by atoms with van der Waals surface area (Å²) >= 11 is 0. The molecule has 0 unspecified atom stereocenters. The van der Waals surface area contributed by atoms with Gasteiger partial charge in [-0.1, -0.05) is 0 Å². The first-order chi connectivity index (χ1) is 6.01. The molecule has 86 valence electrons. The molecule has 0 heterocycles. The fourth-order valence-electron chi connectivity index (χ4n) is 0.902. The maximum Gasteiger partial charge on any atom is 0.307 e. The molecule has 0 aliphatic heterocycles. The molecule has 3 heteroatoms. The molecule has 0 aromatic heterocycles. The van der Waals surface area contributed by atoms with Crippen molar-refractivity contribution >= 4 is 0 Å². The summed E-state index contributed by atoms with van der Waals surface area (Å²) in [5.74, 6) is 0. The maximum absolute atomic E-state index is 5.82. The number of hydrogen-bond donors (Lipinski definition) is 1. The average Bonchev–Trinajstić information content (AvgIpc) is 1.78. The third-order valence-electron chi connectivity index (χ3n) is 1.39. The van der Waals surface area contributed by atoms with E-state index in [0.29, 0.717) is 0 Å². The summed E-state index contributed by atoms with van der Waals surface area (Å²) in [5.41, 5.74) is -0.347. The second kappa shape index (κ2) is 4.60. The van der Waals surface area contributed by atoms with Gasteiger partial charge in [-0.15, -0.1) is 0 Å². The largest absolute Gasteiger partial charge is 0.307 e. The van der Waals surface area contributed by atoms with Gasteiger partial charge in [-0.3, -0.25) is 14.4 Å². The van der Waals surface area contributed by atoms with Crippen molar-refractivity contribution in [2.45, 2.75) is 59.2 Å². The minimum absolute atomic E-state index is 0.173. The SMILES string of the molecule is C[NH+](C)C(OC(C)(C)C)OC(C)(C)C. The monoisotopic (exact) mass is 204 g/mol. The first-order valence-electron chi connectivity index (χ1n) is 5.17. The van der Waals surface area contributed by atoms with Gasteiger partial charge in [0, 0.05) is 0 Å². The molecule has 0 aliphatic rings. The summed E-state index contributed by atoms with van der Waals surface area (Å²) < 4.78 is 11.6. The zero-order valence-electron chi connectivity index (χ0n) is 10.9. The van der Waals surface area contributed by atoms with E-state index in [4.69, 9.17) is 9.47 Å². The predicted molar refractivity (Wildman–Crippen MR) is 58.3 cm³/mol. The highest BCUT2D eigenvalue weighted by Gasteiger charge is 2.28. The molecule has 1 N–H and O–H groups in total. The zero-order valence-corrected chi connectivity index (χ0v) is 10.9. The second-order valence-corrected chi connectivity index (χ2v) is 5.87. The van der Waals surface area contributed by atoms with Crippen molar-refractivity contribution < 1.29 is 14.4 Å². The number of hydrogen-bond acceptors (Lipinski definition) is 2. The lowest BCUT2D eigenvalue weighted by atomic mass is 10.2. The Bertz CT molecular complexity index is 149. The van der Waals surface area contributed by atoms with Gasteiger partial charge in [0.15, 0.2) is 0 Å². The Morgan fingerprint density at radius 2 is 1.07 bits per heavy atom. The van der Waals surface area contributed by atoms with Gasteiger partial charge in [-0.2, -0.15) is 0 Å². The van der Waals surface area contributed by atoms with E-state index in [1.54, 1.807) is 0 Å². The molecule has 0 aromatic rings. The van der Waals surface area contributed by atoms with Crippen molar-refractivity contribution in [1.82, 2.24) is 0 Å². The van der Waals surface area contributed by atoms with E-state index in [0.717, 1.165) is 4.90 Å². The quantitative estimate of drug-likeness (QED) is 0.694. The number of ether oxygens (including phenoxy) is 2. The smallest absolute Gasteiger partial charge is 0.300 e. The second-order valence-electron chi connectivity index (χ2n) is 5.87. The van der Waals surface area contributed by atoms with E-state index >= 15 is 0 Å². The Morgan fingerprint density at radius 1 is 0.786 bits per heavy atom. The van der Waals surface area contributed by atoms with Crippen LogP contribution in [0.15, 0.2) is 0 Å². The Balaban J connectivity index is 4.32. The summed E-state index contributed by atoms with van der Waals surface area (Å²) in [6.45, 7) is 12.2. The summed E-state index contributed by atoms with van der Waals surface area (Å²) in [4.78, 5) is 1.15. The summed E-state index contributed by atoms with van der Waals surface area (Å²) in [5, 5.41) is 0. The van der Waals surface area contributed by atoms with E-state index in [2.05, 4.69) is 0 Å². The van der Waals surface area contributed by atoms with Crippen molar-refractivity contribution in [2.75, 3.05) is 14.1 Å². The first kappa shape index (κ1) is 13.9. The molecule has 0 aromatic carbocycles. The molecule has 0 spiro atoms. The van der Waals surface area contributed by atoms with Gasteiger partial charge in [0.25, 0.3) is 0 Å². The predicted octanol–water partition coefficient (Wildman–Crippen LogP) is 1.04. The zero-order chi connectivity index (χ0) is 11.6. The van der Waals surface area contributed by atoms with Crippen molar-refractivity contribution in [3.63, 3.8) is 0 Å². The molecular weight excluding hydrogens is 178 g/mol. The summed E-state index contributed by atoms with van der Waals surface area (Å²) in [6.07, 6.45) is -0.213. The maximum atomic E-state index is 5.82. The first-order valence-corrected chi connectivity index (χ1v) is 5.17. The molecule has 0 saturated carbocycles. The fraction of sp³-hybridized carbons (Fsp3) is 1.00. The van der Waals surface area contributed by atoms with Gasteiger partial charge < -0.3 is 0 Å². The van der Waals surface area contributed by atoms with Crippen LogP contribution in [0.4, 0.5) is 0 Å². The van der Waals surface area contributed by atoms with Crippen LogP contribution < -0.4 is 4.90 Å². The Kier molecular flexibility index (Phi) is 4.56. The standard InChI is InChI=1S/C11H25NO2/c1-10(2,3)13-9(12(7)8)14-11(4,5)6/h9H,1-8H3/p+1. The molecule has 0 bridgehead atoms. The highest BCUT2D eigenvalue weighted by atomic mass is 16.7. The number of quaternary nitrogens is 1. The van der Waals surface area contributed by atoms with Gasteiger partial charge in [0.1, 0.15) is 0 Å². The van der Waals surface area contributed by atoms with E-state index in [9.17, 15) is 0 Å². The molecule has 0 aliphatic carbocycles. The third kappa shape index (κ3) is 7.30. The molecule has 0 saturated heterocycles. The Morgan fingerprint density at radius 3 is 1.21 bits per heavy atom. The van der Waals surface area contributed by atoms with Crippen LogP contribution in [0.1, 0.15) is 41.5 Å². The van der Waals surface area contributed by atoms with Crippen molar-refractivity contribution in [1.29, 1.82) is 0 Å². The van der Waals surface area contributed by atoms with E-state index in [1.807, 2.05) is 55.6 Å². The third-order valence-corrected chi connectivity index (χ3v) is 1.39. The van der Waals surface area contributed by atoms with Crippen LogP contribution in [0.25, 0.3) is 0 Å². The topological polar surface area (TPSA) is 22.9 Å². The Labute approximate surface area is 88.4 Å². The number of rotatable bonds is 3. The lowest BCUT2D eigenvalue weighted by molar-refractivity contribution is -0.943. The van der Waals surface area contributed by atoms with Gasteiger partial charge in [0.2, 0.25) is 0 Å². The molecule has 0 atom stereocenters. The van der Waals surface area contributed by atoms with E-state index < -0.39 is 0 Å². The fourth-order valence-corrected chi connectivity index (χ4v) is 0.902. The molecule has 14 heavy (non-hydrogen) atoms. The van der Waals surface area contributed by atoms with E-state index in [-0.39, 0.29) is 17.6 Å². The molecule has 0 radical (unpaired) electrons. The molecule has 0 fully saturated rings. The van der Waals surface area contributed by atoms with Crippen LogP contribution in [0, 0.1) is 0 Å². The number of nitrogens with one attached hydrogen (secondary N) is 1. The highest BCUT2D eigenvalue weighted by Crippen LogP contribution is 2.14. The van der Waals surface area contributed by atoms with Crippen molar-refractivity contribution in [3.05, 3.63) is 0 Å². The minimum Gasteiger partial charge on any atom is -0.300 e. The summed E-state index contributed by atoms with van der Waals surface area (Å²) in [7, 11) is 4.06. The van der Waals surface area contributed by atoms with E-state index in [1.165, 1.54) is 0 Å².